The minimum Gasteiger partial charge on any atom is -0.497 e. The fraction of sp³-hybridized carbons (Fsp3) is 0.172. The molecule has 6 rings (SSSR count). The molecule has 2 atom stereocenters. The maximum atomic E-state index is 13.4. The number of nitrogens with zero attached hydrogens (tertiary/aromatic N) is 4. The molecular weight excluding hydrogens is 498 g/mol. The van der Waals surface area contributed by atoms with Crippen LogP contribution < -0.4 is 25.1 Å². The summed E-state index contributed by atoms with van der Waals surface area (Å²) in [6.07, 6.45) is 2.95. The number of hydrogen-bond acceptors (Lipinski definition) is 7. The van der Waals surface area contributed by atoms with Crippen LogP contribution in [0.25, 0.3) is 16.6 Å². The lowest BCUT2D eigenvalue weighted by Gasteiger charge is -2.14. The Balaban J connectivity index is 1.26. The number of hydrogen-bond donors (Lipinski definition) is 1. The van der Waals surface area contributed by atoms with Crippen molar-refractivity contribution >= 4 is 22.6 Å². The fourth-order valence-electron chi connectivity index (χ4n) is 4.60. The van der Waals surface area contributed by atoms with Gasteiger partial charge in [0, 0.05) is 17.6 Å². The zero-order chi connectivity index (χ0) is 27.1. The third-order valence-electron chi connectivity index (χ3n) is 6.75. The van der Waals surface area contributed by atoms with Crippen LogP contribution >= 0.6 is 0 Å². The highest BCUT2D eigenvalue weighted by molar-refractivity contribution is 6.05. The third-order valence-corrected chi connectivity index (χ3v) is 6.75. The van der Waals surface area contributed by atoms with Gasteiger partial charge in [-0.3, -0.25) is 14.6 Å². The molecule has 0 spiro atoms. The Morgan fingerprint density at radius 3 is 2.54 bits per heavy atom. The van der Waals surface area contributed by atoms with Gasteiger partial charge < -0.3 is 19.5 Å². The van der Waals surface area contributed by atoms with Crippen LogP contribution in [0.1, 0.15) is 30.2 Å². The largest absolute Gasteiger partial charge is 0.497 e. The van der Waals surface area contributed by atoms with E-state index in [1.807, 2.05) is 62.4 Å². The minimum absolute atomic E-state index is 0.0733. The van der Waals surface area contributed by atoms with Crippen LogP contribution in [0.4, 0.5) is 5.82 Å². The zero-order valence-corrected chi connectivity index (χ0v) is 21.5. The summed E-state index contributed by atoms with van der Waals surface area (Å²) in [5, 5.41) is 3.54. The second-order valence-corrected chi connectivity index (χ2v) is 9.17. The number of pyridine rings is 2. The summed E-state index contributed by atoms with van der Waals surface area (Å²) in [6.45, 7) is 3.85. The molecule has 1 N–H and O–H groups in total. The Labute approximate surface area is 223 Å². The van der Waals surface area contributed by atoms with Crippen LogP contribution in [0.15, 0.2) is 83.9 Å². The molecule has 0 fully saturated rings. The van der Waals surface area contributed by atoms with Gasteiger partial charge in [-0.1, -0.05) is 18.2 Å². The second-order valence-electron chi connectivity index (χ2n) is 9.17. The van der Waals surface area contributed by atoms with Crippen molar-refractivity contribution < 1.29 is 19.0 Å². The molecule has 0 saturated heterocycles. The van der Waals surface area contributed by atoms with Crippen molar-refractivity contribution in [1.82, 2.24) is 19.3 Å². The van der Waals surface area contributed by atoms with Crippen LogP contribution in [0.3, 0.4) is 0 Å². The smallest absolute Gasteiger partial charge is 0.288 e. The molecule has 2 aromatic carbocycles. The second kappa shape index (κ2) is 9.64. The Morgan fingerprint density at radius 2 is 1.79 bits per heavy atom. The molecule has 0 unspecified atom stereocenters. The number of nitrogens with one attached hydrogen (secondary N) is 1. The SMILES string of the molecule is COc1ccc2c(Oc3ccc(NC(=O)c4c5n(n(-c6ccccc6)c4=O)[C@H](C)[C@@H](C)O5)nc3)ccnc2c1. The molecular formula is C29H25N5O5. The molecule has 5 aromatic rings. The topological polar surface area (TPSA) is 110 Å². The number of benzene rings is 2. The van der Waals surface area contributed by atoms with E-state index in [0.29, 0.717) is 22.9 Å². The summed E-state index contributed by atoms with van der Waals surface area (Å²) in [5.74, 6) is 1.68. The van der Waals surface area contributed by atoms with Crippen molar-refractivity contribution in [1.29, 1.82) is 0 Å². The van der Waals surface area contributed by atoms with E-state index in [9.17, 15) is 9.59 Å². The first kappa shape index (κ1) is 24.2. The van der Waals surface area contributed by atoms with Gasteiger partial charge in [0.1, 0.15) is 29.2 Å². The number of fused-ring (bicyclic) bond motifs is 2. The minimum atomic E-state index is -0.602. The van der Waals surface area contributed by atoms with Crippen LogP contribution in [-0.4, -0.2) is 38.5 Å². The number of aromatic nitrogens is 4. The van der Waals surface area contributed by atoms with Gasteiger partial charge in [0.05, 0.1) is 30.6 Å². The van der Waals surface area contributed by atoms with Gasteiger partial charge in [0.2, 0.25) is 5.88 Å². The number of ether oxygens (including phenoxy) is 3. The Hall–Kier alpha value is -5.12. The number of anilines is 1. The number of methoxy groups -OCH3 is 1. The van der Waals surface area contributed by atoms with Crippen LogP contribution in [0.5, 0.6) is 23.1 Å². The first-order chi connectivity index (χ1) is 18.9. The van der Waals surface area contributed by atoms with E-state index in [4.69, 9.17) is 14.2 Å². The molecule has 1 amide bonds. The first-order valence-electron chi connectivity index (χ1n) is 12.4. The van der Waals surface area contributed by atoms with Gasteiger partial charge in [0.25, 0.3) is 11.5 Å². The highest BCUT2D eigenvalue weighted by Crippen LogP contribution is 2.35. The summed E-state index contributed by atoms with van der Waals surface area (Å²) in [6, 6.07) is 19.6. The maximum Gasteiger partial charge on any atom is 0.288 e. The Morgan fingerprint density at radius 1 is 1.00 bits per heavy atom. The van der Waals surface area contributed by atoms with Gasteiger partial charge in [-0.15, -0.1) is 0 Å². The predicted molar refractivity (Wildman–Crippen MR) is 145 cm³/mol. The average molecular weight is 524 g/mol. The fourth-order valence-corrected chi connectivity index (χ4v) is 4.60. The molecule has 4 heterocycles. The highest BCUT2D eigenvalue weighted by Gasteiger charge is 2.38. The third kappa shape index (κ3) is 4.25. The molecule has 10 nitrogen and oxygen atoms in total. The molecule has 1 aliphatic rings. The lowest BCUT2D eigenvalue weighted by atomic mass is 10.2. The number of carbonyl (C=O) groups is 1. The lowest BCUT2D eigenvalue weighted by molar-refractivity contribution is 0.102. The van der Waals surface area contributed by atoms with E-state index in [1.54, 1.807) is 36.2 Å². The van der Waals surface area contributed by atoms with E-state index in [0.717, 1.165) is 10.9 Å². The van der Waals surface area contributed by atoms with Crippen molar-refractivity contribution in [2.45, 2.75) is 26.0 Å². The Bertz CT molecular complexity index is 1740. The van der Waals surface area contributed by atoms with Gasteiger partial charge >= 0.3 is 0 Å². The summed E-state index contributed by atoms with van der Waals surface area (Å²) < 4.78 is 20.5. The number of rotatable bonds is 6. The standard InChI is InChI=1S/C29H25N5O5/c1-17-18(2)38-29-26(28(36)34(33(17)29)19-7-5-4-6-8-19)27(35)32-25-12-10-21(16-31-25)39-24-13-14-30-23-15-20(37-3)9-11-22(23)24/h4-18H,1-3H3,(H,31,32,35)/t17-,18-/m1/s1. The average Bonchev–Trinajstić information content (AvgIpc) is 3.40. The molecule has 0 saturated carbocycles. The van der Waals surface area contributed by atoms with Gasteiger partial charge in [-0.2, -0.15) is 0 Å². The molecule has 0 bridgehead atoms. The summed E-state index contributed by atoms with van der Waals surface area (Å²) in [5.41, 5.74) is 0.842. The van der Waals surface area contributed by atoms with Crippen LogP contribution in [0.2, 0.25) is 0 Å². The van der Waals surface area contributed by atoms with Crippen molar-refractivity contribution in [3.05, 3.63) is 95.0 Å². The number of para-hydroxylation sites is 1. The Kier molecular flexibility index (Phi) is 5.99. The van der Waals surface area contributed by atoms with E-state index < -0.39 is 11.5 Å². The van der Waals surface area contributed by atoms with Crippen molar-refractivity contribution in [2.24, 2.45) is 0 Å². The van der Waals surface area contributed by atoms with E-state index in [-0.39, 0.29) is 29.4 Å². The van der Waals surface area contributed by atoms with Gasteiger partial charge in [-0.25, -0.2) is 14.3 Å². The molecule has 196 valence electrons. The molecule has 0 radical (unpaired) electrons. The van der Waals surface area contributed by atoms with Gasteiger partial charge in [0.15, 0.2) is 5.56 Å². The predicted octanol–water partition coefficient (Wildman–Crippen LogP) is 4.98. The monoisotopic (exact) mass is 523 g/mol. The first-order valence-corrected chi connectivity index (χ1v) is 12.4. The lowest BCUT2D eigenvalue weighted by Crippen LogP contribution is -2.29. The quantitative estimate of drug-likeness (QED) is 0.334. The van der Waals surface area contributed by atoms with Crippen molar-refractivity contribution in [3.63, 3.8) is 0 Å². The van der Waals surface area contributed by atoms with Crippen LogP contribution in [0, 0.1) is 0 Å². The van der Waals surface area contributed by atoms with E-state index in [1.165, 1.54) is 10.9 Å². The molecule has 3 aromatic heterocycles. The number of carbonyl (C=O) groups excluding carboxylic acids is 1. The summed E-state index contributed by atoms with van der Waals surface area (Å²) >= 11 is 0. The number of amides is 1. The summed E-state index contributed by atoms with van der Waals surface area (Å²) in [7, 11) is 1.60. The van der Waals surface area contributed by atoms with Crippen molar-refractivity contribution in [2.75, 3.05) is 12.4 Å². The van der Waals surface area contributed by atoms with E-state index >= 15 is 0 Å². The van der Waals surface area contributed by atoms with Crippen LogP contribution in [-0.2, 0) is 0 Å². The normalized spacial score (nSPS) is 16.0. The van der Waals surface area contributed by atoms with E-state index in [2.05, 4.69) is 15.3 Å². The highest BCUT2D eigenvalue weighted by atomic mass is 16.5. The molecule has 0 aliphatic carbocycles. The molecule has 39 heavy (non-hydrogen) atoms. The zero-order valence-electron chi connectivity index (χ0n) is 21.5. The molecule has 10 heteroatoms. The summed E-state index contributed by atoms with van der Waals surface area (Å²) in [4.78, 5) is 35.4. The van der Waals surface area contributed by atoms with Crippen molar-refractivity contribution in [3.8, 4) is 28.8 Å². The maximum absolute atomic E-state index is 13.4. The van der Waals surface area contributed by atoms with Gasteiger partial charge in [-0.05, 0) is 56.3 Å². The molecule has 1 aliphatic heterocycles.